The largest absolute Gasteiger partial charge is 0.467 e. The molecule has 0 radical (unpaired) electrons. The van der Waals surface area contributed by atoms with Gasteiger partial charge in [-0.1, -0.05) is 23.2 Å². The van der Waals surface area contributed by atoms with Gasteiger partial charge in [0.1, 0.15) is 16.3 Å². The summed E-state index contributed by atoms with van der Waals surface area (Å²) in [6.45, 7) is 1.48. The van der Waals surface area contributed by atoms with E-state index in [2.05, 4.69) is 9.72 Å². The van der Waals surface area contributed by atoms with E-state index in [4.69, 9.17) is 23.2 Å². The number of methoxy groups -OCH3 is 1. The predicted octanol–water partition coefficient (Wildman–Crippen LogP) is 1.11. The Balaban J connectivity index is 2.43. The molecule has 126 valence electrons. The molecule has 0 saturated carbocycles. The summed E-state index contributed by atoms with van der Waals surface area (Å²) in [6, 6.07) is 0.138. The van der Waals surface area contributed by atoms with Crippen LogP contribution in [0.1, 0.15) is 15.9 Å². The summed E-state index contributed by atoms with van der Waals surface area (Å²) in [5, 5.41) is 0.100. The average molecular weight is 381 g/mol. The van der Waals surface area contributed by atoms with E-state index < -0.39 is 33.5 Å². The van der Waals surface area contributed by atoms with Gasteiger partial charge in [0.25, 0.3) is 5.91 Å². The fourth-order valence-corrected chi connectivity index (χ4v) is 4.18. The second-order valence-corrected chi connectivity index (χ2v) is 8.03. The summed E-state index contributed by atoms with van der Waals surface area (Å²) in [5.41, 5.74) is 0.571. The van der Waals surface area contributed by atoms with Gasteiger partial charge in [-0.2, -0.15) is 0 Å². The minimum Gasteiger partial charge on any atom is -0.467 e. The molecule has 2 heterocycles. The molecular formula is C13H14Cl2N2O5S. The highest BCUT2D eigenvalue weighted by Gasteiger charge is 2.40. The Hall–Kier alpha value is -1.38. The van der Waals surface area contributed by atoms with Crippen molar-refractivity contribution in [3.05, 3.63) is 27.5 Å². The molecule has 10 heteroatoms. The number of carbonyl (C=O) groups is 2. The normalized spacial score (nSPS) is 20.2. The number of rotatable bonds is 2. The Kier molecular flexibility index (Phi) is 5.17. The first-order chi connectivity index (χ1) is 10.7. The maximum absolute atomic E-state index is 12.7. The first kappa shape index (κ1) is 18.0. The third-order valence-electron chi connectivity index (χ3n) is 3.58. The van der Waals surface area contributed by atoms with Crippen molar-refractivity contribution in [3.8, 4) is 0 Å². The van der Waals surface area contributed by atoms with Crippen molar-refractivity contribution in [1.29, 1.82) is 0 Å². The van der Waals surface area contributed by atoms with Gasteiger partial charge >= 0.3 is 5.97 Å². The molecule has 2 rings (SSSR count). The molecule has 1 aliphatic rings. The third kappa shape index (κ3) is 3.76. The van der Waals surface area contributed by atoms with Crippen LogP contribution in [-0.2, 0) is 19.4 Å². The number of amides is 1. The van der Waals surface area contributed by atoms with Crippen molar-refractivity contribution in [3.63, 3.8) is 0 Å². The number of halogens is 2. The van der Waals surface area contributed by atoms with Crippen LogP contribution in [0.3, 0.4) is 0 Å². The molecule has 23 heavy (non-hydrogen) atoms. The molecule has 1 saturated heterocycles. The molecule has 1 aromatic heterocycles. The van der Waals surface area contributed by atoms with E-state index in [0.717, 1.165) is 7.11 Å². The first-order valence-electron chi connectivity index (χ1n) is 6.58. The third-order valence-corrected chi connectivity index (χ3v) is 5.77. The molecule has 1 aromatic rings. The average Bonchev–Trinajstić information content (AvgIpc) is 2.48. The molecule has 0 aliphatic carbocycles. The van der Waals surface area contributed by atoms with Gasteiger partial charge in [-0.15, -0.1) is 0 Å². The van der Waals surface area contributed by atoms with Crippen LogP contribution < -0.4 is 0 Å². The Morgan fingerprint density at radius 3 is 2.65 bits per heavy atom. The standard InChI is InChI=1S/C13H14Cl2N2O5S/c1-7-8(5-10(14)16-11(7)15)12(18)17-3-4-23(20,21)6-9(17)13(19)22-2/h5,9H,3-4,6H2,1-2H3. The lowest BCUT2D eigenvalue weighted by Gasteiger charge is -2.33. The van der Waals surface area contributed by atoms with Crippen LogP contribution in [-0.4, -0.2) is 61.4 Å². The smallest absolute Gasteiger partial charge is 0.329 e. The number of esters is 1. The topological polar surface area (TPSA) is 93.6 Å². The Morgan fingerprint density at radius 1 is 1.39 bits per heavy atom. The summed E-state index contributed by atoms with van der Waals surface area (Å²) in [4.78, 5) is 29.6. The fraction of sp³-hybridized carbons (Fsp3) is 0.462. The van der Waals surface area contributed by atoms with Crippen molar-refractivity contribution in [2.45, 2.75) is 13.0 Å². The molecule has 7 nitrogen and oxygen atoms in total. The second-order valence-electron chi connectivity index (χ2n) is 5.06. The monoisotopic (exact) mass is 380 g/mol. The van der Waals surface area contributed by atoms with Gasteiger partial charge in [0.15, 0.2) is 9.84 Å². The van der Waals surface area contributed by atoms with E-state index in [1.54, 1.807) is 6.92 Å². The van der Waals surface area contributed by atoms with Gasteiger partial charge in [0.05, 0.1) is 18.6 Å². The van der Waals surface area contributed by atoms with E-state index in [1.807, 2.05) is 0 Å². The highest BCUT2D eigenvalue weighted by molar-refractivity contribution is 7.91. The summed E-state index contributed by atoms with van der Waals surface area (Å²) >= 11 is 11.7. The molecule has 1 amide bonds. The van der Waals surface area contributed by atoms with Crippen molar-refractivity contribution in [2.75, 3.05) is 25.2 Å². The van der Waals surface area contributed by atoms with Gasteiger partial charge in [-0.3, -0.25) is 4.79 Å². The summed E-state index contributed by atoms with van der Waals surface area (Å²) < 4.78 is 28.1. The number of nitrogens with zero attached hydrogens (tertiary/aromatic N) is 2. The number of sulfone groups is 1. The van der Waals surface area contributed by atoms with E-state index in [-0.39, 0.29) is 28.2 Å². The molecule has 0 spiro atoms. The summed E-state index contributed by atoms with van der Waals surface area (Å²) in [6.07, 6.45) is 0. The number of ether oxygens (including phenoxy) is 1. The zero-order valence-electron chi connectivity index (χ0n) is 12.4. The lowest BCUT2D eigenvalue weighted by atomic mass is 10.1. The molecular weight excluding hydrogens is 367 g/mol. The molecule has 1 aliphatic heterocycles. The molecule has 1 unspecified atom stereocenters. The van der Waals surface area contributed by atoms with Crippen LogP contribution in [0.2, 0.25) is 10.3 Å². The van der Waals surface area contributed by atoms with Crippen LogP contribution in [0.15, 0.2) is 6.07 Å². The Labute approximate surface area is 143 Å². The quantitative estimate of drug-likeness (QED) is 0.563. The van der Waals surface area contributed by atoms with Crippen LogP contribution in [0.5, 0.6) is 0 Å². The molecule has 0 aromatic carbocycles. The zero-order valence-corrected chi connectivity index (χ0v) is 14.7. The van der Waals surface area contributed by atoms with Gasteiger partial charge in [0, 0.05) is 12.1 Å². The highest BCUT2D eigenvalue weighted by atomic mass is 35.5. The van der Waals surface area contributed by atoms with Gasteiger partial charge < -0.3 is 9.64 Å². The van der Waals surface area contributed by atoms with Crippen LogP contribution in [0, 0.1) is 6.92 Å². The summed E-state index contributed by atoms with van der Waals surface area (Å²) in [7, 11) is -2.28. The molecule has 0 N–H and O–H groups in total. The van der Waals surface area contributed by atoms with E-state index in [0.29, 0.717) is 5.56 Å². The van der Waals surface area contributed by atoms with Crippen molar-refractivity contribution >= 4 is 44.9 Å². The number of aromatic nitrogens is 1. The van der Waals surface area contributed by atoms with Crippen molar-refractivity contribution in [2.24, 2.45) is 0 Å². The van der Waals surface area contributed by atoms with Gasteiger partial charge in [-0.25, -0.2) is 18.2 Å². The predicted molar refractivity (Wildman–Crippen MR) is 84.5 cm³/mol. The van der Waals surface area contributed by atoms with Gasteiger partial charge in [0.2, 0.25) is 0 Å². The Morgan fingerprint density at radius 2 is 2.04 bits per heavy atom. The minimum absolute atomic E-state index is 0.0307. The maximum Gasteiger partial charge on any atom is 0.329 e. The van der Waals surface area contributed by atoms with Gasteiger partial charge in [-0.05, 0) is 18.6 Å². The zero-order chi connectivity index (χ0) is 17.4. The molecule has 1 atom stereocenters. The van der Waals surface area contributed by atoms with E-state index in [9.17, 15) is 18.0 Å². The lowest BCUT2D eigenvalue weighted by molar-refractivity contribution is -0.145. The minimum atomic E-state index is -3.42. The van der Waals surface area contributed by atoms with Crippen molar-refractivity contribution < 1.29 is 22.7 Å². The van der Waals surface area contributed by atoms with Crippen molar-refractivity contribution in [1.82, 2.24) is 9.88 Å². The summed E-state index contributed by atoms with van der Waals surface area (Å²) in [5.74, 6) is -2.03. The number of hydrogen-bond acceptors (Lipinski definition) is 6. The molecule has 1 fully saturated rings. The first-order valence-corrected chi connectivity index (χ1v) is 9.16. The fourth-order valence-electron chi connectivity index (χ4n) is 2.31. The van der Waals surface area contributed by atoms with E-state index >= 15 is 0 Å². The Bertz CT molecular complexity index is 766. The van der Waals surface area contributed by atoms with Crippen LogP contribution in [0.4, 0.5) is 0 Å². The molecule has 0 bridgehead atoms. The second kappa shape index (κ2) is 6.62. The SMILES string of the molecule is COC(=O)C1CS(=O)(=O)CCN1C(=O)c1cc(Cl)nc(Cl)c1C. The van der Waals surface area contributed by atoms with Crippen LogP contribution >= 0.6 is 23.2 Å². The lowest BCUT2D eigenvalue weighted by Crippen LogP contribution is -2.55. The highest BCUT2D eigenvalue weighted by Crippen LogP contribution is 2.24. The number of hydrogen-bond donors (Lipinski definition) is 0. The maximum atomic E-state index is 12.7. The van der Waals surface area contributed by atoms with E-state index in [1.165, 1.54) is 11.0 Å². The number of carbonyl (C=O) groups excluding carboxylic acids is 2. The van der Waals surface area contributed by atoms with Crippen LogP contribution in [0.25, 0.3) is 0 Å². The number of pyridine rings is 1.